The lowest BCUT2D eigenvalue weighted by atomic mass is 10.2. The normalized spacial score (nSPS) is 16.5. The lowest BCUT2D eigenvalue weighted by Crippen LogP contribution is -2.51. The molecule has 1 amide bonds. The number of halogens is 3. The summed E-state index contributed by atoms with van der Waals surface area (Å²) >= 11 is 0. The van der Waals surface area contributed by atoms with Crippen LogP contribution in [0.2, 0.25) is 0 Å². The van der Waals surface area contributed by atoms with E-state index >= 15 is 0 Å². The first kappa shape index (κ1) is 20.1. The topological polar surface area (TPSA) is 101 Å². The Morgan fingerprint density at radius 3 is 2.31 bits per heavy atom. The molecule has 1 aliphatic rings. The Morgan fingerprint density at radius 1 is 1.23 bits per heavy atom. The zero-order valence-corrected chi connectivity index (χ0v) is 14.5. The number of carbonyl (C=O) groups excluding carboxylic acids is 1. The summed E-state index contributed by atoms with van der Waals surface area (Å²) in [6.45, 7) is 0.584. The Balaban J connectivity index is 2.15. The molecule has 26 heavy (non-hydrogen) atoms. The fourth-order valence-corrected chi connectivity index (χ4v) is 4.34. The van der Waals surface area contributed by atoms with Crippen LogP contribution in [0, 0.1) is 17.0 Å². The van der Waals surface area contributed by atoms with Gasteiger partial charge in [-0.15, -0.1) is 0 Å². The SMILES string of the molecule is Cc1c([N+](=O)[O-])cccc1S(=O)(=O)N1CCN(C(=O)CC(F)(F)F)CC1. The molecule has 12 heteroatoms. The highest BCUT2D eigenvalue weighted by Crippen LogP contribution is 2.28. The fraction of sp³-hybridized carbons (Fsp3) is 0.500. The van der Waals surface area contributed by atoms with E-state index in [2.05, 4.69) is 0 Å². The molecule has 144 valence electrons. The minimum absolute atomic E-state index is 0.0203. The largest absolute Gasteiger partial charge is 0.397 e. The highest BCUT2D eigenvalue weighted by Gasteiger charge is 2.37. The van der Waals surface area contributed by atoms with Crippen LogP contribution in [0.25, 0.3) is 0 Å². The monoisotopic (exact) mass is 395 g/mol. The average Bonchev–Trinajstić information content (AvgIpc) is 2.53. The number of nitrogens with zero attached hydrogens (tertiary/aromatic N) is 3. The maximum Gasteiger partial charge on any atom is 0.397 e. The number of hydrogen-bond donors (Lipinski definition) is 0. The van der Waals surface area contributed by atoms with E-state index in [9.17, 15) is 36.5 Å². The number of sulfonamides is 1. The Kier molecular flexibility index (Phi) is 5.56. The number of nitro groups is 1. The van der Waals surface area contributed by atoms with Crippen molar-refractivity contribution in [3.8, 4) is 0 Å². The Hall–Kier alpha value is -2.21. The second-order valence-electron chi connectivity index (χ2n) is 5.73. The van der Waals surface area contributed by atoms with Gasteiger partial charge in [0.1, 0.15) is 6.42 Å². The summed E-state index contributed by atoms with van der Waals surface area (Å²) in [5, 5.41) is 11.0. The first-order valence-corrected chi connectivity index (χ1v) is 8.96. The Bertz CT molecular complexity index is 818. The standard InChI is InChI=1S/C14H16F3N3O5S/c1-10-11(20(22)23)3-2-4-12(10)26(24,25)19-7-5-18(6-8-19)13(21)9-14(15,16)17/h2-4H,5-9H2,1H3. The predicted octanol–water partition coefficient (Wildman–Crippen LogP) is 1.69. The molecule has 2 rings (SSSR count). The molecule has 1 aromatic rings. The van der Waals surface area contributed by atoms with Crippen LogP contribution < -0.4 is 0 Å². The summed E-state index contributed by atoms with van der Waals surface area (Å²) in [6, 6.07) is 3.67. The maximum atomic E-state index is 12.7. The lowest BCUT2D eigenvalue weighted by Gasteiger charge is -2.34. The minimum atomic E-state index is -4.62. The second-order valence-corrected chi connectivity index (χ2v) is 7.64. The number of hydrogen-bond acceptors (Lipinski definition) is 5. The maximum absolute atomic E-state index is 12.7. The quantitative estimate of drug-likeness (QED) is 0.570. The zero-order chi connectivity index (χ0) is 19.7. The van der Waals surface area contributed by atoms with Crippen molar-refractivity contribution in [3.05, 3.63) is 33.9 Å². The molecular weight excluding hydrogens is 379 g/mol. The number of nitro benzene ring substituents is 1. The predicted molar refractivity (Wildman–Crippen MR) is 83.8 cm³/mol. The van der Waals surface area contributed by atoms with Crippen molar-refractivity contribution in [2.45, 2.75) is 24.4 Å². The summed E-state index contributed by atoms with van der Waals surface area (Å²) in [4.78, 5) is 22.6. The van der Waals surface area contributed by atoms with Gasteiger partial charge in [0.25, 0.3) is 5.69 Å². The van der Waals surface area contributed by atoms with Crippen molar-refractivity contribution in [2.24, 2.45) is 0 Å². The molecule has 0 aliphatic carbocycles. The molecule has 0 spiro atoms. The van der Waals surface area contributed by atoms with Gasteiger partial charge in [-0.3, -0.25) is 14.9 Å². The van der Waals surface area contributed by atoms with Crippen LogP contribution >= 0.6 is 0 Å². The number of benzene rings is 1. The molecular formula is C14H16F3N3O5S. The summed E-state index contributed by atoms with van der Waals surface area (Å²) in [5.74, 6) is -1.11. The molecule has 1 aromatic carbocycles. The Labute approximate surface area is 147 Å². The van der Waals surface area contributed by atoms with Crippen LogP contribution in [0.5, 0.6) is 0 Å². The van der Waals surface area contributed by atoms with Crippen LogP contribution in [-0.2, 0) is 14.8 Å². The van der Waals surface area contributed by atoms with Crippen molar-refractivity contribution in [1.82, 2.24) is 9.21 Å². The van der Waals surface area contributed by atoms with E-state index in [0.29, 0.717) is 0 Å². The van der Waals surface area contributed by atoms with E-state index < -0.39 is 33.5 Å². The number of amides is 1. The molecule has 0 aromatic heterocycles. The smallest absolute Gasteiger partial charge is 0.340 e. The van der Waals surface area contributed by atoms with Crippen molar-refractivity contribution in [2.75, 3.05) is 26.2 Å². The van der Waals surface area contributed by atoms with Gasteiger partial charge in [-0.1, -0.05) is 6.07 Å². The molecule has 1 heterocycles. The van der Waals surface area contributed by atoms with E-state index in [1.807, 2.05) is 0 Å². The molecule has 0 bridgehead atoms. The van der Waals surface area contributed by atoms with Crippen molar-refractivity contribution >= 4 is 21.6 Å². The van der Waals surface area contributed by atoms with Crippen molar-refractivity contribution < 1.29 is 31.3 Å². The zero-order valence-electron chi connectivity index (χ0n) is 13.7. The van der Waals surface area contributed by atoms with E-state index in [1.165, 1.54) is 25.1 Å². The Morgan fingerprint density at radius 2 is 1.81 bits per heavy atom. The molecule has 1 saturated heterocycles. The van der Waals surface area contributed by atoms with E-state index in [4.69, 9.17) is 0 Å². The number of carbonyl (C=O) groups is 1. The number of alkyl halides is 3. The van der Waals surface area contributed by atoms with Crippen LogP contribution in [0.15, 0.2) is 23.1 Å². The first-order chi connectivity index (χ1) is 11.9. The van der Waals surface area contributed by atoms with E-state index in [-0.39, 0.29) is 42.3 Å². The van der Waals surface area contributed by atoms with Crippen LogP contribution in [0.4, 0.5) is 18.9 Å². The molecule has 0 unspecified atom stereocenters. The van der Waals surface area contributed by atoms with E-state index in [0.717, 1.165) is 9.21 Å². The summed E-state index contributed by atoms with van der Waals surface area (Å²) in [7, 11) is -4.06. The van der Waals surface area contributed by atoms with Gasteiger partial charge in [-0.2, -0.15) is 17.5 Å². The molecule has 1 fully saturated rings. The van der Waals surface area contributed by atoms with Gasteiger partial charge in [0.15, 0.2) is 0 Å². The molecule has 0 N–H and O–H groups in total. The minimum Gasteiger partial charge on any atom is -0.340 e. The number of piperazine rings is 1. The van der Waals surface area contributed by atoms with Crippen LogP contribution in [0.1, 0.15) is 12.0 Å². The highest BCUT2D eigenvalue weighted by atomic mass is 32.2. The summed E-state index contributed by atoms with van der Waals surface area (Å²) in [5.41, 5.74) is -0.363. The van der Waals surface area contributed by atoms with E-state index in [1.54, 1.807) is 0 Å². The van der Waals surface area contributed by atoms with Gasteiger partial charge < -0.3 is 4.90 Å². The van der Waals surface area contributed by atoms with Gasteiger partial charge in [0.2, 0.25) is 15.9 Å². The van der Waals surface area contributed by atoms with Gasteiger partial charge in [-0.05, 0) is 13.0 Å². The van der Waals surface area contributed by atoms with Gasteiger partial charge in [-0.25, -0.2) is 8.42 Å². The molecule has 8 nitrogen and oxygen atoms in total. The van der Waals surface area contributed by atoms with Crippen molar-refractivity contribution in [3.63, 3.8) is 0 Å². The van der Waals surface area contributed by atoms with Crippen LogP contribution in [0.3, 0.4) is 0 Å². The molecule has 0 saturated carbocycles. The molecule has 0 atom stereocenters. The van der Waals surface area contributed by atoms with Crippen molar-refractivity contribution in [1.29, 1.82) is 0 Å². The lowest BCUT2D eigenvalue weighted by molar-refractivity contribution is -0.385. The summed E-state index contributed by atoms with van der Waals surface area (Å²) < 4.78 is 63.3. The molecule has 1 aliphatic heterocycles. The molecule has 0 radical (unpaired) electrons. The summed E-state index contributed by atoms with van der Waals surface area (Å²) in [6.07, 6.45) is -6.22. The third-order valence-electron chi connectivity index (χ3n) is 4.01. The second kappa shape index (κ2) is 7.19. The van der Waals surface area contributed by atoms with Crippen LogP contribution in [-0.4, -0.2) is 60.8 Å². The first-order valence-electron chi connectivity index (χ1n) is 7.52. The third-order valence-corrected chi connectivity index (χ3v) is 6.06. The van der Waals surface area contributed by atoms with Gasteiger partial charge >= 0.3 is 6.18 Å². The van der Waals surface area contributed by atoms with Gasteiger partial charge in [0.05, 0.1) is 9.82 Å². The highest BCUT2D eigenvalue weighted by molar-refractivity contribution is 7.89. The number of rotatable bonds is 4. The average molecular weight is 395 g/mol. The fourth-order valence-electron chi connectivity index (χ4n) is 2.68. The van der Waals surface area contributed by atoms with Gasteiger partial charge in [0, 0.05) is 37.8 Å². The third kappa shape index (κ3) is 4.30.